The van der Waals surface area contributed by atoms with E-state index in [1.165, 1.54) is 36.5 Å². The maximum absolute atomic E-state index is 12.4. The maximum Gasteiger partial charge on any atom is 0.255 e. The highest BCUT2D eigenvalue weighted by Gasteiger charge is 2.16. The molecule has 0 spiro atoms. The molecule has 0 fully saturated rings. The Morgan fingerprint density at radius 1 is 0.931 bits per heavy atom. The average molecular weight is 431 g/mol. The van der Waals surface area contributed by atoms with E-state index in [1.807, 2.05) is 0 Å². The smallest absolute Gasteiger partial charge is 0.255 e. The molecule has 2 aromatic carbocycles. The Labute approximate surface area is 168 Å². The number of amides is 1. The van der Waals surface area contributed by atoms with Gasteiger partial charge >= 0.3 is 0 Å². The lowest BCUT2D eigenvalue weighted by Crippen LogP contribution is -2.13. The van der Waals surface area contributed by atoms with Crippen LogP contribution >= 0.6 is 0 Å². The van der Waals surface area contributed by atoms with Gasteiger partial charge in [-0.3, -0.25) is 9.78 Å². The highest BCUT2D eigenvalue weighted by atomic mass is 32.2. The van der Waals surface area contributed by atoms with Gasteiger partial charge in [0, 0.05) is 29.3 Å². The molecule has 0 aliphatic carbocycles. The van der Waals surface area contributed by atoms with Gasteiger partial charge in [-0.2, -0.15) is 0 Å². The summed E-state index contributed by atoms with van der Waals surface area (Å²) in [4.78, 5) is 16.6. The number of nitrogens with one attached hydrogen (secondary N) is 1. The van der Waals surface area contributed by atoms with E-state index in [0.717, 1.165) is 6.26 Å². The summed E-state index contributed by atoms with van der Waals surface area (Å²) >= 11 is 0. The molecule has 1 amide bonds. The fourth-order valence-electron chi connectivity index (χ4n) is 2.62. The van der Waals surface area contributed by atoms with Gasteiger partial charge in [-0.05, 0) is 48.5 Å². The van der Waals surface area contributed by atoms with E-state index in [-0.39, 0.29) is 9.79 Å². The molecule has 0 saturated carbocycles. The lowest BCUT2D eigenvalue weighted by Gasteiger charge is -2.09. The fourth-order valence-corrected chi connectivity index (χ4v) is 3.98. The second-order valence-electron chi connectivity index (χ2n) is 6.22. The number of hydrogen-bond donors (Lipinski definition) is 2. The number of pyridine rings is 1. The van der Waals surface area contributed by atoms with Crippen LogP contribution in [-0.4, -0.2) is 34.0 Å². The molecule has 1 heterocycles. The van der Waals surface area contributed by atoms with Crippen LogP contribution < -0.4 is 10.5 Å². The highest BCUT2D eigenvalue weighted by molar-refractivity contribution is 7.90. The minimum Gasteiger partial charge on any atom is -0.322 e. The highest BCUT2D eigenvalue weighted by Crippen LogP contribution is 2.25. The lowest BCUT2D eigenvalue weighted by atomic mass is 10.1. The van der Waals surface area contributed by atoms with Crippen LogP contribution in [0.5, 0.6) is 0 Å². The summed E-state index contributed by atoms with van der Waals surface area (Å²) in [5, 5.41) is 7.69. The Hall–Kier alpha value is -3.08. The van der Waals surface area contributed by atoms with Crippen molar-refractivity contribution in [3.05, 3.63) is 72.4 Å². The molecule has 0 aliphatic heterocycles. The quantitative estimate of drug-likeness (QED) is 0.634. The SMILES string of the molecule is CS(=O)(=O)c1cccnc1-c1ccc(C(=O)Nc2ccc(S(N)(=O)=O)cc2)cc1. The molecule has 0 atom stereocenters. The van der Waals surface area contributed by atoms with Gasteiger partial charge in [0.15, 0.2) is 9.84 Å². The summed E-state index contributed by atoms with van der Waals surface area (Å²) in [6, 6.07) is 14.8. The summed E-state index contributed by atoms with van der Waals surface area (Å²) in [5.41, 5.74) is 1.59. The largest absolute Gasteiger partial charge is 0.322 e. The second-order valence-corrected chi connectivity index (χ2v) is 9.77. The number of aromatic nitrogens is 1. The molecule has 0 aliphatic rings. The molecule has 3 rings (SSSR count). The minimum absolute atomic E-state index is 0.0584. The van der Waals surface area contributed by atoms with Gasteiger partial charge in [0.2, 0.25) is 10.0 Å². The Bertz CT molecular complexity index is 1270. The third-order valence-electron chi connectivity index (χ3n) is 4.03. The van der Waals surface area contributed by atoms with E-state index >= 15 is 0 Å². The van der Waals surface area contributed by atoms with Crippen molar-refractivity contribution in [2.24, 2.45) is 5.14 Å². The van der Waals surface area contributed by atoms with Crippen LogP contribution in [0.3, 0.4) is 0 Å². The van der Waals surface area contributed by atoms with Crippen molar-refractivity contribution in [2.75, 3.05) is 11.6 Å². The number of anilines is 1. The number of sulfonamides is 1. The van der Waals surface area contributed by atoms with E-state index < -0.39 is 25.8 Å². The zero-order valence-electron chi connectivity index (χ0n) is 15.2. The number of carbonyl (C=O) groups excluding carboxylic acids is 1. The molecule has 0 saturated heterocycles. The molecule has 0 radical (unpaired) electrons. The predicted molar refractivity (Wildman–Crippen MR) is 109 cm³/mol. The molecular weight excluding hydrogens is 414 g/mol. The van der Waals surface area contributed by atoms with Crippen molar-refractivity contribution < 1.29 is 21.6 Å². The minimum atomic E-state index is -3.81. The zero-order chi connectivity index (χ0) is 21.2. The summed E-state index contributed by atoms with van der Waals surface area (Å²) < 4.78 is 46.4. The second kappa shape index (κ2) is 7.74. The number of benzene rings is 2. The first-order valence-electron chi connectivity index (χ1n) is 8.25. The van der Waals surface area contributed by atoms with Gasteiger partial charge in [-0.15, -0.1) is 0 Å². The van der Waals surface area contributed by atoms with Crippen molar-refractivity contribution in [3.8, 4) is 11.3 Å². The Balaban J connectivity index is 1.82. The molecule has 3 N–H and O–H groups in total. The van der Waals surface area contributed by atoms with Gasteiger partial charge < -0.3 is 5.32 Å². The molecule has 8 nitrogen and oxygen atoms in total. The average Bonchev–Trinajstić information content (AvgIpc) is 2.67. The first-order valence-corrected chi connectivity index (χ1v) is 11.7. The predicted octanol–water partition coefficient (Wildman–Crippen LogP) is 2.05. The monoisotopic (exact) mass is 431 g/mol. The van der Waals surface area contributed by atoms with Crippen molar-refractivity contribution >= 4 is 31.5 Å². The zero-order valence-corrected chi connectivity index (χ0v) is 16.9. The number of rotatable bonds is 5. The topological polar surface area (TPSA) is 136 Å². The number of nitrogens with two attached hydrogens (primary N) is 1. The van der Waals surface area contributed by atoms with Gasteiger partial charge in [0.05, 0.1) is 15.5 Å². The summed E-state index contributed by atoms with van der Waals surface area (Å²) in [6.07, 6.45) is 2.60. The number of hydrogen-bond acceptors (Lipinski definition) is 6. The Morgan fingerprint density at radius 2 is 1.55 bits per heavy atom. The lowest BCUT2D eigenvalue weighted by molar-refractivity contribution is 0.102. The molecule has 29 heavy (non-hydrogen) atoms. The van der Waals surface area contributed by atoms with E-state index in [1.54, 1.807) is 30.3 Å². The normalized spacial score (nSPS) is 11.8. The van der Waals surface area contributed by atoms with Crippen LogP contribution in [0.4, 0.5) is 5.69 Å². The van der Waals surface area contributed by atoms with E-state index in [4.69, 9.17) is 5.14 Å². The van der Waals surface area contributed by atoms with Gasteiger partial charge in [0.25, 0.3) is 5.91 Å². The van der Waals surface area contributed by atoms with E-state index in [9.17, 15) is 21.6 Å². The van der Waals surface area contributed by atoms with Crippen LogP contribution in [0.15, 0.2) is 76.7 Å². The Kier molecular flexibility index (Phi) is 5.51. The van der Waals surface area contributed by atoms with E-state index in [2.05, 4.69) is 10.3 Å². The van der Waals surface area contributed by atoms with E-state index in [0.29, 0.717) is 22.5 Å². The van der Waals surface area contributed by atoms with Gasteiger partial charge in [-0.25, -0.2) is 22.0 Å². The van der Waals surface area contributed by atoms with Crippen molar-refractivity contribution in [1.29, 1.82) is 0 Å². The van der Waals surface area contributed by atoms with Crippen LogP contribution in [0.1, 0.15) is 10.4 Å². The van der Waals surface area contributed by atoms with Crippen LogP contribution in [-0.2, 0) is 19.9 Å². The fraction of sp³-hybridized carbons (Fsp3) is 0.0526. The van der Waals surface area contributed by atoms with Crippen LogP contribution in [0.25, 0.3) is 11.3 Å². The number of sulfone groups is 1. The standard InChI is InChI=1S/C19H17N3O5S2/c1-28(24,25)17-3-2-12-21-18(17)13-4-6-14(7-5-13)19(23)22-15-8-10-16(11-9-15)29(20,26)27/h2-12H,1H3,(H,22,23)(H2,20,26,27). The Morgan fingerprint density at radius 3 is 2.10 bits per heavy atom. The third-order valence-corrected chi connectivity index (χ3v) is 6.09. The summed E-state index contributed by atoms with van der Waals surface area (Å²) in [7, 11) is -7.26. The molecular formula is C19H17N3O5S2. The third kappa shape index (κ3) is 4.86. The van der Waals surface area contributed by atoms with Crippen molar-refractivity contribution in [2.45, 2.75) is 9.79 Å². The van der Waals surface area contributed by atoms with Crippen LogP contribution in [0.2, 0.25) is 0 Å². The molecule has 0 bridgehead atoms. The first-order chi connectivity index (χ1) is 13.6. The van der Waals surface area contributed by atoms with Crippen molar-refractivity contribution in [3.63, 3.8) is 0 Å². The number of primary sulfonamides is 1. The van der Waals surface area contributed by atoms with Gasteiger partial charge in [-0.1, -0.05) is 12.1 Å². The molecule has 10 heteroatoms. The number of nitrogens with zero attached hydrogens (tertiary/aromatic N) is 1. The van der Waals surface area contributed by atoms with Crippen LogP contribution in [0, 0.1) is 0 Å². The summed E-state index contributed by atoms with van der Waals surface area (Å²) in [5.74, 6) is -0.413. The number of carbonyl (C=O) groups is 1. The van der Waals surface area contributed by atoms with Gasteiger partial charge in [0.1, 0.15) is 0 Å². The molecule has 0 unspecified atom stereocenters. The van der Waals surface area contributed by atoms with Crippen molar-refractivity contribution in [1.82, 2.24) is 4.98 Å². The first kappa shape index (κ1) is 20.6. The molecule has 150 valence electrons. The maximum atomic E-state index is 12.4. The summed E-state index contributed by atoms with van der Waals surface area (Å²) in [6.45, 7) is 0. The molecule has 3 aromatic rings. The molecule has 1 aromatic heterocycles.